The lowest BCUT2D eigenvalue weighted by molar-refractivity contribution is 0.157. The summed E-state index contributed by atoms with van der Waals surface area (Å²) in [6.07, 6.45) is 3.22. The molecule has 1 aliphatic heterocycles. The van der Waals surface area contributed by atoms with Crippen molar-refractivity contribution in [3.8, 4) is 6.07 Å². The van der Waals surface area contributed by atoms with E-state index in [4.69, 9.17) is 10.00 Å². The number of hydrogen-bond donors (Lipinski definition) is 0. The van der Waals surface area contributed by atoms with Gasteiger partial charge >= 0.3 is 0 Å². The average Bonchev–Trinajstić information content (AvgIpc) is 2.70. The number of likely N-dealkylation sites (N-methyl/N-ethyl adjacent to an activating group) is 1. The number of hydrogen-bond acceptors (Lipinski definition) is 3. The Bertz CT molecular complexity index is 226. The van der Waals surface area contributed by atoms with Crippen LogP contribution >= 0.6 is 0 Å². The smallest absolute Gasteiger partial charge is 0.0683 e. The maximum atomic E-state index is 8.89. The molecular weight excluding hydrogens is 188 g/mol. The van der Waals surface area contributed by atoms with Gasteiger partial charge in [0.25, 0.3) is 0 Å². The zero-order valence-electron chi connectivity index (χ0n) is 10.1. The molecule has 1 atom stereocenters. The highest BCUT2D eigenvalue weighted by Crippen LogP contribution is 2.21. The monoisotopic (exact) mass is 210 g/mol. The fraction of sp³-hybridized carbons (Fsp3) is 0.917. The van der Waals surface area contributed by atoms with Crippen molar-refractivity contribution in [2.75, 3.05) is 26.8 Å². The Balaban J connectivity index is 2.17. The highest BCUT2D eigenvalue weighted by Gasteiger charge is 2.21. The van der Waals surface area contributed by atoms with Crippen molar-refractivity contribution in [3.05, 3.63) is 0 Å². The minimum Gasteiger partial charge on any atom is -0.380 e. The van der Waals surface area contributed by atoms with Gasteiger partial charge in [-0.1, -0.05) is 0 Å². The van der Waals surface area contributed by atoms with E-state index in [0.29, 0.717) is 6.04 Å². The Kier molecular flexibility index (Phi) is 4.56. The zero-order chi connectivity index (χ0) is 11.3. The largest absolute Gasteiger partial charge is 0.380 e. The molecule has 1 rings (SSSR count). The molecule has 0 bridgehead atoms. The summed E-state index contributed by atoms with van der Waals surface area (Å²) in [5.41, 5.74) is -0.174. The van der Waals surface area contributed by atoms with Crippen molar-refractivity contribution in [2.24, 2.45) is 5.41 Å². The molecule has 0 aliphatic carbocycles. The molecule has 0 saturated carbocycles. The van der Waals surface area contributed by atoms with Crippen LogP contribution in [0.1, 0.15) is 33.1 Å². The van der Waals surface area contributed by atoms with E-state index in [-0.39, 0.29) is 5.41 Å². The van der Waals surface area contributed by atoms with E-state index < -0.39 is 0 Å². The van der Waals surface area contributed by atoms with E-state index in [2.05, 4.69) is 18.0 Å². The predicted octanol–water partition coefficient (Wildman–Crippen LogP) is 2.04. The number of nitriles is 1. The first-order valence-corrected chi connectivity index (χ1v) is 5.74. The molecule has 0 amide bonds. The standard InChI is InChI=1S/C12H22N2O/c1-12(2,10-13)6-4-7-14(3)11-5-8-15-9-11/h11H,4-9H2,1-3H3. The van der Waals surface area contributed by atoms with Gasteiger partial charge in [-0.15, -0.1) is 0 Å². The first-order valence-electron chi connectivity index (χ1n) is 5.74. The van der Waals surface area contributed by atoms with Gasteiger partial charge in [-0.3, -0.25) is 0 Å². The highest BCUT2D eigenvalue weighted by molar-refractivity contribution is 4.91. The number of rotatable bonds is 5. The Labute approximate surface area is 93.0 Å². The lowest BCUT2D eigenvalue weighted by Crippen LogP contribution is -2.33. The molecule has 1 aliphatic rings. The quantitative estimate of drug-likeness (QED) is 0.696. The lowest BCUT2D eigenvalue weighted by atomic mass is 9.90. The van der Waals surface area contributed by atoms with Crippen molar-refractivity contribution in [3.63, 3.8) is 0 Å². The molecule has 0 aromatic rings. The molecule has 1 saturated heterocycles. The molecule has 0 radical (unpaired) electrons. The normalized spacial score (nSPS) is 21.9. The Hall–Kier alpha value is -0.590. The van der Waals surface area contributed by atoms with Crippen LogP contribution in [0.25, 0.3) is 0 Å². The number of ether oxygens (including phenoxy) is 1. The van der Waals surface area contributed by atoms with Crippen molar-refractivity contribution >= 4 is 0 Å². The van der Waals surface area contributed by atoms with Gasteiger partial charge < -0.3 is 9.64 Å². The molecule has 3 heteroatoms. The SMILES string of the molecule is CN(CCCC(C)(C)C#N)C1CCOC1. The minimum atomic E-state index is -0.174. The third kappa shape index (κ3) is 4.19. The molecule has 3 nitrogen and oxygen atoms in total. The van der Waals surface area contributed by atoms with Gasteiger partial charge in [-0.2, -0.15) is 5.26 Å². The van der Waals surface area contributed by atoms with Crippen molar-refractivity contribution in [1.29, 1.82) is 5.26 Å². The van der Waals surface area contributed by atoms with E-state index in [9.17, 15) is 0 Å². The predicted molar refractivity (Wildman–Crippen MR) is 60.5 cm³/mol. The summed E-state index contributed by atoms with van der Waals surface area (Å²) >= 11 is 0. The van der Waals surface area contributed by atoms with Crippen molar-refractivity contribution in [2.45, 2.75) is 39.2 Å². The Morgan fingerprint density at radius 1 is 1.53 bits per heavy atom. The van der Waals surface area contributed by atoms with Crippen LogP contribution in [-0.4, -0.2) is 37.7 Å². The second-order valence-electron chi connectivity index (χ2n) is 5.10. The van der Waals surface area contributed by atoms with Crippen molar-refractivity contribution < 1.29 is 4.74 Å². The summed E-state index contributed by atoms with van der Waals surface area (Å²) in [4.78, 5) is 2.36. The van der Waals surface area contributed by atoms with Crippen LogP contribution < -0.4 is 0 Å². The summed E-state index contributed by atoms with van der Waals surface area (Å²) in [5, 5.41) is 8.89. The summed E-state index contributed by atoms with van der Waals surface area (Å²) in [6.45, 7) is 6.85. The van der Waals surface area contributed by atoms with Gasteiger partial charge in [-0.25, -0.2) is 0 Å². The maximum absolute atomic E-state index is 8.89. The van der Waals surface area contributed by atoms with Gasteiger partial charge in [0.1, 0.15) is 0 Å². The van der Waals surface area contributed by atoms with E-state index in [1.54, 1.807) is 0 Å². The molecule has 0 aromatic carbocycles. The van der Waals surface area contributed by atoms with Gasteiger partial charge in [0.05, 0.1) is 18.1 Å². The summed E-state index contributed by atoms with van der Waals surface area (Å²) in [5.74, 6) is 0. The topological polar surface area (TPSA) is 36.3 Å². The second kappa shape index (κ2) is 5.48. The summed E-state index contributed by atoms with van der Waals surface area (Å²) in [7, 11) is 2.15. The molecule has 15 heavy (non-hydrogen) atoms. The van der Waals surface area contributed by atoms with Gasteiger partial charge in [0, 0.05) is 12.6 Å². The van der Waals surface area contributed by atoms with Crippen molar-refractivity contribution in [1.82, 2.24) is 4.90 Å². The lowest BCUT2D eigenvalue weighted by Gasteiger charge is -2.24. The number of nitrogens with zero attached hydrogens (tertiary/aromatic N) is 2. The van der Waals surface area contributed by atoms with E-state index in [0.717, 1.165) is 39.0 Å². The average molecular weight is 210 g/mol. The fourth-order valence-corrected chi connectivity index (χ4v) is 1.88. The Morgan fingerprint density at radius 2 is 2.27 bits per heavy atom. The minimum absolute atomic E-state index is 0.174. The molecule has 1 heterocycles. The van der Waals surface area contributed by atoms with Crippen LogP contribution in [-0.2, 0) is 4.74 Å². The van der Waals surface area contributed by atoms with Gasteiger partial charge in [-0.05, 0) is 46.7 Å². The second-order valence-corrected chi connectivity index (χ2v) is 5.10. The van der Waals surface area contributed by atoms with Crippen LogP contribution in [0.2, 0.25) is 0 Å². The van der Waals surface area contributed by atoms with Crippen LogP contribution in [0.5, 0.6) is 0 Å². The highest BCUT2D eigenvalue weighted by atomic mass is 16.5. The van der Waals surface area contributed by atoms with Crippen LogP contribution in [0.4, 0.5) is 0 Å². The fourth-order valence-electron chi connectivity index (χ4n) is 1.88. The maximum Gasteiger partial charge on any atom is 0.0683 e. The van der Waals surface area contributed by atoms with E-state index in [1.807, 2.05) is 13.8 Å². The molecular formula is C12H22N2O. The molecule has 1 unspecified atom stereocenters. The first-order chi connectivity index (χ1) is 7.05. The molecule has 0 spiro atoms. The van der Waals surface area contributed by atoms with E-state index in [1.165, 1.54) is 0 Å². The zero-order valence-corrected chi connectivity index (χ0v) is 10.1. The van der Waals surface area contributed by atoms with Crippen LogP contribution in [0.15, 0.2) is 0 Å². The Morgan fingerprint density at radius 3 is 2.80 bits per heavy atom. The van der Waals surface area contributed by atoms with E-state index >= 15 is 0 Å². The molecule has 86 valence electrons. The summed E-state index contributed by atoms with van der Waals surface area (Å²) in [6, 6.07) is 2.93. The van der Waals surface area contributed by atoms with Crippen LogP contribution in [0.3, 0.4) is 0 Å². The van der Waals surface area contributed by atoms with Crippen LogP contribution in [0, 0.1) is 16.7 Å². The first kappa shape index (κ1) is 12.5. The third-order valence-electron chi connectivity index (χ3n) is 3.14. The molecule has 0 N–H and O–H groups in total. The molecule has 0 aromatic heterocycles. The third-order valence-corrected chi connectivity index (χ3v) is 3.14. The molecule has 1 fully saturated rings. The summed E-state index contributed by atoms with van der Waals surface area (Å²) < 4.78 is 5.35. The van der Waals surface area contributed by atoms with Gasteiger partial charge in [0.15, 0.2) is 0 Å². The van der Waals surface area contributed by atoms with Gasteiger partial charge in [0.2, 0.25) is 0 Å².